The number of hydrogen-bond acceptors (Lipinski definition) is 6. The molecule has 0 bridgehead atoms. The largest absolute Gasteiger partial charge is 0.459 e. The maximum Gasteiger partial charge on any atom is 0.327 e. The second-order valence-electron chi connectivity index (χ2n) is 9.78. The van der Waals surface area contributed by atoms with E-state index in [4.69, 9.17) is 4.74 Å². The molecule has 7 nitrogen and oxygen atoms in total. The van der Waals surface area contributed by atoms with Gasteiger partial charge in [-0.2, -0.15) is 0 Å². The summed E-state index contributed by atoms with van der Waals surface area (Å²) < 4.78 is 5.79. The number of esters is 1. The molecule has 1 aromatic rings. The molecule has 2 aliphatic rings. The summed E-state index contributed by atoms with van der Waals surface area (Å²) in [6.07, 6.45) is 2.72. The fourth-order valence-electron chi connectivity index (χ4n) is 4.79. The summed E-state index contributed by atoms with van der Waals surface area (Å²) in [5.74, 6) is -2.37. The standard InChI is InChI=1S/C23H33N3O4/c1-7-12-26-19(27)16-17(20(26)28)23(13-14(2)3,21(29)30-22(4,5)6)25-18(16)15-10-8-9-11-24-15/h8-11,14,16-18,25H,7,12-13H2,1-6H3/t16-,17?,18-,23-/m0/s1. The molecule has 1 aromatic heterocycles. The molecule has 0 spiro atoms. The van der Waals surface area contributed by atoms with Gasteiger partial charge in [0.05, 0.1) is 23.6 Å². The van der Waals surface area contributed by atoms with Crippen LogP contribution in [0.2, 0.25) is 0 Å². The number of rotatable bonds is 6. The van der Waals surface area contributed by atoms with Crippen LogP contribution in [0.3, 0.4) is 0 Å². The Morgan fingerprint density at radius 2 is 1.97 bits per heavy atom. The highest BCUT2D eigenvalue weighted by molar-refractivity contribution is 6.09. The van der Waals surface area contributed by atoms with Crippen LogP contribution in [0.1, 0.15) is 66.1 Å². The molecule has 2 saturated heterocycles. The van der Waals surface area contributed by atoms with E-state index in [1.807, 2.05) is 53.7 Å². The molecule has 1 unspecified atom stereocenters. The zero-order chi connectivity index (χ0) is 22.3. The summed E-state index contributed by atoms with van der Waals surface area (Å²) in [4.78, 5) is 46.1. The minimum Gasteiger partial charge on any atom is -0.459 e. The van der Waals surface area contributed by atoms with Crippen LogP contribution in [-0.4, -0.2) is 45.4 Å². The number of nitrogens with zero attached hydrogens (tertiary/aromatic N) is 2. The average molecular weight is 416 g/mol. The number of carbonyl (C=O) groups excluding carboxylic acids is 3. The van der Waals surface area contributed by atoms with E-state index >= 15 is 0 Å². The molecule has 0 aromatic carbocycles. The van der Waals surface area contributed by atoms with Crippen LogP contribution in [0.15, 0.2) is 24.4 Å². The minimum atomic E-state index is -1.27. The summed E-state index contributed by atoms with van der Waals surface area (Å²) in [7, 11) is 0. The quantitative estimate of drug-likeness (QED) is 0.568. The van der Waals surface area contributed by atoms with E-state index < -0.39 is 35.0 Å². The Balaban J connectivity index is 2.14. The molecule has 7 heteroatoms. The predicted octanol–water partition coefficient (Wildman–Crippen LogP) is 2.86. The smallest absolute Gasteiger partial charge is 0.327 e. The average Bonchev–Trinajstić information content (AvgIpc) is 3.11. The Bertz CT molecular complexity index is 817. The van der Waals surface area contributed by atoms with Crippen molar-refractivity contribution in [1.29, 1.82) is 0 Å². The van der Waals surface area contributed by atoms with Gasteiger partial charge in [0.15, 0.2) is 0 Å². The van der Waals surface area contributed by atoms with Crippen molar-refractivity contribution in [3.63, 3.8) is 0 Å². The Morgan fingerprint density at radius 3 is 2.50 bits per heavy atom. The van der Waals surface area contributed by atoms with Crippen molar-refractivity contribution in [2.24, 2.45) is 17.8 Å². The number of nitrogens with one attached hydrogen (secondary N) is 1. The van der Waals surface area contributed by atoms with Crippen molar-refractivity contribution < 1.29 is 19.1 Å². The van der Waals surface area contributed by atoms with Crippen molar-refractivity contribution in [3.8, 4) is 0 Å². The van der Waals surface area contributed by atoms with Gasteiger partial charge in [0.25, 0.3) is 0 Å². The van der Waals surface area contributed by atoms with Crippen LogP contribution in [0, 0.1) is 17.8 Å². The maximum absolute atomic E-state index is 13.6. The molecule has 3 heterocycles. The Hall–Kier alpha value is -2.28. The number of pyridine rings is 1. The van der Waals surface area contributed by atoms with E-state index in [9.17, 15) is 14.4 Å². The Morgan fingerprint density at radius 1 is 1.27 bits per heavy atom. The van der Waals surface area contributed by atoms with Crippen LogP contribution in [0.5, 0.6) is 0 Å². The second kappa shape index (κ2) is 8.10. The highest BCUT2D eigenvalue weighted by atomic mass is 16.6. The van der Waals surface area contributed by atoms with Gasteiger partial charge in [-0.3, -0.25) is 29.6 Å². The predicted molar refractivity (Wildman–Crippen MR) is 112 cm³/mol. The molecule has 2 amide bonds. The van der Waals surface area contributed by atoms with Gasteiger partial charge in [0.2, 0.25) is 11.8 Å². The first-order valence-corrected chi connectivity index (χ1v) is 10.8. The number of fused-ring (bicyclic) bond motifs is 1. The number of aromatic nitrogens is 1. The molecule has 0 aliphatic carbocycles. The molecule has 2 fully saturated rings. The SMILES string of the molecule is CCCN1C(=O)C2[C@H](C1=O)[C@H](c1ccccn1)N[C@]2(CC(C)C)C(=O)OC(C)(C)C. The van der Waals surface area contributed by atoms with Gasteiger partial charge >= 0.3 is 5.97 Å². The zero-order valence-corrected chi connectivity index (χ0v) is 18.8. The van der Waals surface area contributed by atoms with Crippen LogP contribution in [-0.2, 0) is 19.1 Å². The lowest BCUT2D eigenvalue weighted by atomic mass is 9.75. The van der Waals surface area contributed by atoms with Gasteiger partial charge in [-0.25, -0.2) is 0 Å². The van der Waals surface area contributed by atoms with Gasteiger partial charge < -0.3 is 4.74 Å². The second-order valence-corrected chi connectivity index (χ2v) is 9.78. The topological polar surface area (TPSA) is 88.6 Å². The van der Waals surface area contributed by atoms with Crippen LogP contribution >= 0.6 is 0 Å². The fourth-order valence-corrected chi connectivity index (χ4v) is 4.79. The van der Waals surface area contributed by atoms with Gasteiger partial charge in [-0.1, -0.05) is 26.8 Å². The number of hydrogen-bond donors (Lipinski definition) is 1. The van der Waals surface area contributed by atoms with Crippen LogP contribution in [0.25, 0.3) is 0 Å². The lowest BCUT2D eigenvalue weighted by Gasteiger charge is -2.36. The number of amides is 2. The van der Waals surface area contributed by atoms with Gasteiger partial charge in [0, 0.05) is 12.7 Å². The van der Waals surface area contributed by atoms with Crippen molar-refractivity contribution in [2.75, 3.05) is 6.54 Å². The first kappa shape index (κ1) is 22.4. The summed E-state index contributed by atoms with van der Waals surface area (Å²) in [6, 6.07) is 4.95. The third kappa shape index (κ3) is 3.87. The molecule has 1 N–H and O–H groups in total. The van der Waals surface area contributed by atoms with E-state index in [0.717, 1.165) is 0 Å². The Kier molecular flexibility index (Phi) is 6.05. The van der Waals surface area contributed by atoms with Gasteiger partial charge in [-0.05, 0) is 51.7 Å². The van der Waals surface area contributed by atoms with Crippen molar-refractivity contribution in [3.05, 3.63) is 30.1 Å². The first-order chi connectivity index (χ1) is 14.0. The number of ether oxygens (including phenoxy) is 1. The number of imide groups is 1. The molecular weight excluding hydrogens is 382 g/mol. The summed E-state index contributed by atoms with van der Waals surface area (Å²) in [5.41, 5.74) is -1.33. The Labute approximate surface area is 178 Å². The highest BCUT2D eigenvalue weighted by Gasteiger charge is 2.69. The molecule has 30 heavy (non-hydrogen) atoms. The lowest BCUT2D eigenvalue weighted by molar-refractivity contribution is -0.168. The lowest BCUT2D eigenvalue weighted by Crippen LogP contribution is -2.58. The molecule has 0 saturated carbocycles. The van der Waals surface area contributed by atoms with Crippen LogP contribution < -0.4 is 5.32 Å². The van der Waals surface area contributed by atoms with E-state index in [0.29, 0.717) is 25.1 Å². The summed E-state index contributed by atoms with van der Waals surface area (Å²) in [6.45, 7) is 11.7. The van der Waals surface area contributed by atoms with E-state index in [2.05, 4.69) is 10.3 Å². The fraction of sp³-hybridized carbons (Fsp3) is 0.652. The maximum atomic E-state index is 13.6. The molecule has 0 radical (unpaired) electrons. The highest BCUT2D eigenvalue weighted by Crippen LogP contribution is 2.51. The molecule has 164 valence electrons. The third-order valence-electron chi connectivity index (χ3n) is 5.69. The molecular formula is C23H33N3O4. The third-order valence-corrected chi connectivity index (χ3v) is 5.69. The number of carbonyl (C=O) groups is 3. The van der Waals surface area contributed by atoms with Crippen molar-refractivity contribution in [1.82, 2.24) is 15.2 Å². The molecule has 3 rings (SSSR count). The van der Waals surface area contributed by atoms with Crippen molar-refractivity contribution in [2.45, 2.75) is 71.6 Å². The minimum absolute atomic E-state index is 0.108. The van der Waals surface area contributed by atoms with Crippen LogP contribution in [0.4, 0.5) is 0 Å². The first-order valence-electron chi connectivity index (χ1n) is 10.8. The van der Waals surface area contributed by atoms with Gasteiger partial charge in [0.1, 0.15) is 11.1 Å². The van der Waals surface area contributed by atoms with Crippen molar-refractivity contribution >= 4 is 17.8 Å². The zero-order valence-electron chi connectivity index (χ0n) is 18.8. The summed E-state index contributed by atoms with van der Waals surface area (Å²) in [5, 5.41) is 3.39. The van der Waals surface area contributed by atoms with E-state index in [1.165, 1.54) is 4.90 Å². The normalized spacial score (nSPS) is 28.9. The summed E-state index contributed by atoms with van der Waals surface area (Å²) >= 11 is 0. The van der Waals surface area contributed by atoms with E-state index in [-0.39, 0.29) is 17.7 Å². The van der Waals surface area contributed by atoms with Gasteiger partial charge in [-0.15, -0.1) is 0 Å². The number of likely N-dealkylation sites (tertiary alicyclic amines) is 1. The monoisotopic (exact) mass is 415 g/mol. The molecule has 4 atom stereocenters. The van der Waals surface area contributed by atoms with E-state index in [1.54, 1.807) is 12.3 Å². The molecule has 2 aliphatic heterocycles.